The Hall–Kier alpha value is -3.17. The molecule has 0 atom stereocenters. The predicted molar refractivity (Wildman–Crippen MR) is 93.8 cm³/mol. The number of aromatic nitrogens is 1. The minimum Gasteiger partial charge on any atom is -0.493 e. The van der Waals surface area contributed by atoms with Gasteiger partial charge in [-0.25, -0.2) is 9.78 Å². The molecular formula is C18H18F3N3O4. The molecule has 1 aliphatic heterocycles. The van der Waals surface area contributed by atoms with Crippen molar-refractivity contribution < 1.29 is 32.2 Å². The first-order chi connectivity index (χ1) is 13.3. The Labute approximate surface area is 159 Å². The monoisotopic (exact) mass is 397 g/mol. The lowest BCUT2D eigenvalue weighted by molar-refractivity contribution is -0.141. The number of benzene rings is 1. The standard InChI is InChI=1S/C18H18F3N3O4/c1-26-13-7-6-11(8-14(13)27-2)22-17(25)24-9-12(10-24)28-16-5-3-4-15(23-16)18(19,20)21/h3-8,12H,9-10H2,1-2H3,(H,22,25). The largest absolute Gasteiger partial charge is 0.493 e. The summed E-state index contributed by atoms with van der Waals surface area (Å²) in [4.78, 5) is 17.2. The molecule has 28 heavy (non-hydrogen) atoms. The van der Waals surface area contributed by atoms with Crippen molar-refractivity contribution in [1.29, 1.82) is 0 Å². The fourth-order valence-electron chi connectivity index (χ4n) is 2.60. The van der Waals surface area contributed by atoms with Crippen molar-refractivity contribution in [2.45, 2.75) is 12.3 Å². The van der Waals surface area contributed by atoms with Crippen molar-refractivity contribution >= 4 is 11.7 Å². The van der Waals surface area contributed by atoms with Crippen LogP contribution in [0.3, 0.4) is 0 Å². The number of methoxy groups -OCH3 is 2. The number of halogens is 3. The molecule has 1 N–H and O–H groups in total. The van der Waals surface area contributed by atoms with Crippen LogP contribution in [-0.4, -0.2) is 49.3 Å². The van der Waals surface area contributed by atoms with E-state index in [-0.39, 0.29) is 25.0 Å². The maximum atomic E-state index is 12.7. The lowest BCUT2D eigenvalue weighted by atomic mass is 10.2. The van der Waals surface area contributed by atoms with E-state index in [9.17, 15) is 18.0 Å². The maximum Gasteiger partial charge on any atom is 0.433 e. The van der Waals surface area contributed by atoms with Crippen molar-refractivity contribution in [1.82, 2.24) is 9.88 Å². The van der Waals surface area contributed by atoms with E-state index >= 15 is 0 Å². The van der Waals surface area contributed by atoms with Gasteiger partial charge in [0, 0.05) is 17.8 Å². The number of rotatable bonds is 5. The van der Waals surface area contributed by atoms with Crippen LogP contribution in [0.4, 0.5) is 23.7 Å². The average molecular weight is 397 g/mol. The number of hydrogen-bond acceptors (Lipinski definition) is 5. The van der Waals surface area contributed by atoms with Gasteiger partial charge in [-0.15, -0.1) is 0 Å². The molecule has 0 spiro atoms. The predicted octanol–water partition coefficient (Wildman–Crippen LogP) is 3.41. The van der Waals surface area contributed by atoms with Crippen LogP contribution in [0.15, 0.2) is 36.4 Å². The van der Waals surface area contributed by atoms with Crippen molar-refractivity contribution in [3.63, 3.8) is 0 Å². The van der Waals surface area contributed by atoms with Crippen LogP contribution >= 0.6 is 0 Å². The molecule has 0 bridgehead atoms. The Balaban J connectivity index is 1.53. The summed E-state index contributed by atoms with van der Waals surface area (Å²) >= 11 is 0. The Morgan fingerprint density at radius 1 is 1.14 bits per heavy atom. The van der Waals surface area contributed by atoms with E-state index in [1.165, 1.54) is 31.3 Å². The average Bonchev–Trinajstić information content (AvgIpc) is 2.63. The van der Waals surface area contributed by atoms with E-state index in [0.29, 0.717) is 17.2 Å². The Kier molecular flexibility index (Phi) is 5.48. The zero-order valence-electron chi connectivity index (χ0n) is 15.1. The summed E-state index contributed by atoms with van der Waals surface area (Å²) in [5.74, 6) is 0.881. The number of urea groups is 1. The summed E-state index contributed by atoms with van der Waals surface area (Å²) in [6.45, 7) is 0.466. The summed E-state index contributed by atoms with van der Waals surface area (Å²) in [6.07, 6.45) is -4.96. The highest BCUT2D eigenvalue weighted by atomic mass is 19.4. The van der Waals surface area contributed by atoms with E-state index in [0.717, 1.165) is 6.07 Å². The molecule has 0 saturated carbocycles. The number of amides is 2. The highest BCUT2D eigenvalue weighted by molar-refractivity contribution is 5.90. The zero-order valence-corrected chi connectivity index (χ0v) is 15.1. The molecule has 1 aromatic heterocycles. The van der Waals surface area contributed by atoms with Gasteiger partial charge in [0.25, 0.3) is 0 Å². The smallest absolute Gasteiger partial charge is 0.433 e. The quantitative estimate of drug-likeness (QED) is 0.837. The molecule has 1 aliphatic rings. The van der Waals surface area contributed by atoms with Crippen LogP contribution in [-0.2, 0) is 6.18 Å². The van der Waals surface area contributed by atoms with E-state index < -0.39 is 18.0 Å². The normalized spacial score (nSPS) is 14.2. The maximum absolute atomic E-state index is 12.7. The first-order valence-electron chi connectivity index (χ1n) is 8.29. The molecule has 7 nitrogen and oxygen atoms in total. The van der Waals surface area contributed by atoms with Crippen LogP contribution < -0.4 is 19.5 Å². The fraction of sp³-hybridized carbons (Fsp3) is 0.333. The first-order valence-corrected chi connectivity index (χ1v) is 8.29. The van der Waals surface area contributed by atoms with Gasteiger partial charge < -0.3 is 24.4 Å². The van der Waals surface area contributed by atoms with Crippen LogP contribution in [0.25, 0.3) is 0 Å². The molecule has 2 aromatic rings. The lowest BCUT2D eigenvalue weighted by Crippen LogP contribution is -2.57. The molecule has 1 fully saturated rings. The number of nitrogens with zero attached hydrogens (tertiary/aromatic N) is 2. The molecule has 2 amide bonds. The molecular weight excluding hydrogens is 379 g/mol. The summed E-state index contributed by atoms with van der Waals surface area (Å²) in [7, 11) is 3.00. The molecule has 0 unspecified atom stereocenters. The van der Waals surface area contributed by atoms with Crippen LogP contribution in [0.2, 0.25) is 0 Å². The van der Waals surface area contributed by atoms with E-state index in [2.05, 4.69) is 10.3 Å². The number of nitrogens with one attached hydrogen (secondary N) is 1. The molecule has 0 radical (unpaired) electrons. The number of likely N-dealkylation sites (tertiary alicyclic amines) is 1. The van der Waals surface area contributed by atoms with Gasteiger partial charge in [-0.2, -0.15) is 13.2 Å². The second-order valence-electron chi connectivity index (χ2n) is 6.00. The van der Waals surface area contributed by atoms with Gasteiger partial charge in [0.15, 0.2) is 11.5 Å². The third kappa shape index (κ3) is 4.38. The third-order valence-corrected chi connectivity index (χ3v) is 4.07. The van der Waals surface area contributed by atoms with Crippen LogP contribution in [0.5, 0.6) is 17.4 Å². The topological polar surface area (TPSA) is 72.9 Å². The van der Waals surface area contributed by atoms with Gasteiger partial charge in [-0.05, 0) is 18.2 Å². The van der Waals surface area contributed by atoms with E-state index in [4.69, 9.17) is 14.2 Å². The number of alkyl halides is 3. The summed E-state index contributed by atoms with van der Waals surface area (Å²) < 4.78 is 53.8. The third-order valence-electron chi connectivity index (χ3n) is 4.07. The van der Waals surface area contributed by atoms with Crippen molar-refractivity contribution in [3.8, 4) is 17.4 Å². The Bertz CT molecular complexity index is 854. The lowest BCUT2D eigenvalue weighted by Gasteiger charge is -2.38. The molecule has 150 valence electrons. The second-order valence-corrected chi connectivity index (χ2v) is 6.00. The van der Waals surface area contributed by atoms with Gasteiger partial charge in [0.2, 0.25) is 5.88 Å². The fourth-order valence-corrected chi connectivity index (χ4v) is 2.60. The summed E-state index contributed by atoms with van der Waals surface area (Å²) in [5.41, 5.74) is -0.501. The molecule has 1 saturated heterocycles. The van der Waals surface area contributed by atoms with Gasteiger partial charge in [0.05, 0.1) is 27.3 Å². The SMILES string of the molecule is COc1ccc(NC(=O)N2CC(Oc3cccc(C(F)(F)F)n3)C2)cc1OC. The molecule has 0 aliphatic carbocycles. The number of hydrogen-bond donors (Lipinski definition) is 1. The Morgan fingerprint density at radius 3 is 2.50 bits per heavy atom. The van der Waals surface area contributed by atoms with Crippen LogP contribution in [0, 0.1) is 0 Å². The number of anilines is 1. The number of carbonyl (C=O) groups is 1. The van der Waals surface area contributed by atoms with Gasteiger partial charge in [-0.3, -0.25) is 0 Å². The van der Waals surface area contributed by atoms with Crippen molar-refractivity contribution in [2.75, 3.05) is 32.6 Å². The van der Waals surface area contributed by atoms with Gasteiger partial charge >= 0.3 is 12.2 Å². The molecule has 1 aromatic carbocycles. The van der Waals surface area contributed by atoms with Gasteiger partial charge in [0.1, 0.15) is 11.8 Å². The van der Waals surface area contributed by atoms with Crippen molar-refractivity contribution in [2.24, 2.45) is 0 Å². The first kappa shape index (κ1) is 19.6. The molecule has 2 heterocycles. The summed E-state index contributed by atoms with van der Waals surface area (Å²) in [6, 6.07) is 8.04. The van der Waals surface area contributed by atoms with Gasteiger partial charge in [-0.1, -0.05) is 6.07 Å². The molecule has 3 rings (SSSR count). The Morgan fingerprint density at radius 2 is 1.86 bits per heavy atom. The van der Waals surface area contributed by atoms with Crippen LogP contribution in [0.1, 0.15) is 5.69 Å². The highest BCUT2D eigenvalue weighted by Crippen LogP contribution is 2.31. The van der Waals surface area contributed by atoms with E-state index in [1.54, 1.807) is 18.2 Å². The molecule has 10 heteroatoms. The number of carbonyl (C=O) groups excluding carboxylic acids is 1. The highest BCUT2D eigenvalue weighted by Gasteiger charge is 2.35. The minimum atomic E-state index is -4.54. The second kappa shape index (κ2) is 7.83. The van der Waals surface area contributed by atoms with Crippen molar-refractivity contribution in [3.05, 3.63) is 42.1 Å². The summed E-state index contributed by atoms with van der Waals surface area (Å²) in [5, 5.41) is 2.71. The zero-order chi connectivity index (χ0) is 20.3. The van der Waals surface area contributed by atoms with E-state index in [1.807, 2.05) is 0 Å². The number of ether oxygens (including phenoxy) is 3. The minimum absolute atomic E-state index is 0.125. The number of pyridine rings is 1.